The number of carbonyl (C=O) groups excluding carboxylic acids is 2. The Balaban J connectivity index is 1.27. The third-order valence-corrected chi connectivity index (χ3v) is 9.22. The molecule has 0 radical (unpaired) electrons. The highest BCUT2D eigenvalue weighted by Crippen LogP contribution is 2.31. The second-order valence-corrected chi connectivity index (χ2v) is 13.0. The molecule has 2 N–H and O–H groups in total. The van der Waals surface area contributed by atoms with E-state index in [4.69, 9.17) is 9.72 Å². The predicted octanol–water partition coefficient (Wildman–Crippen LogP) is 6.92. The Kier molecular flexibility index (Phi) is 11.5. The SMILES string of the molecule is CSCC[C@H](Nc1ccc(OC[C@@H]2C[C@H](SC(=O)c3ccccc3)CN2)nc1-c1ccc(F)cc1)C(=O)Cc1ccccc1. The van der Waals surface area contributed by atoms with E-state index in [1.165, 1.54) is 23.9 Å². The summed E-state index contributed by atoms with van der Waals surface area (Å²) in [5.41, 5.74) is 3.67. The molecule has 1 aliphatic heterocycles. The van der Waals surface area contributed by atoms with Crippen molar-refractivity contribution in [1.82, 2.24) is 10.3 Å². The van der Waals surface area contributed by atoms with Gasteiger partial charge in [-0.3, -0.25) is 9.59 Å². The van der Waals surface area contributed by atoms with Crippen LogP contribution in [0.1, 0.15) is 28.8 Å². The van der Waals surface area contributed by atoms with Crippen molar-refractivity contribution in [1.29, 1.82) is 0 Å². The summed E-state index contributed by atoms with van der Waals surface area (Å²) in [4.78, 5) is 30.8. The summed E-state index contributed by atoms with van der Waals surface area (Å²) in [6, 6.07) is 28.6. The third kappa shape index (κ3) is 8.94. The number of thioether (sulfide) groups is 2. The van der Waals surface area contributed by atoms with Gasteiger partial charge in [0.1, 0.15) is 12.4 Å². The number of hydrogen-bond donors (Lipinski definition) is 2. The van der Waals surface area contributed by atoms with Gasteiger partial charge in [0.2, 0.25) is 11.0 Å². The van der Waals surface area contributed by atoms with Crippen molar-refractivity contribution in [2.24, 2.45) is 0 Å². The van der Waals surface area contributed by atoms with E-state index in [0.717, 1.165) is 24.3 Å². The molecule has 1 fully saturated rings. The molecule has 4 aromatic rings. The molecule has 6 nitrogen and oxygen atoms in total. The fourth-order valence-corrected chi connectivity index (χ4v) is 6.66. The molecule has 2 heterocycles. The molecule has 0 unspecified atom stereocenters. The van der Waals surface area contributed by atoms with Crippen molar-refractivity contribution in [2.75, 3.05) is 30.5 Å². The first kappa shape index (κ1) is 31.8. The third-order valence-electron chi connectivity index (χ3n) is 7.43. The summed E-state index contributed by atoms with van der Waals surface area (Å²) in [5.74, 6) is 1.02. The second-order valence-electron chi connectivity index (χ2n) is 10.7. The lowest BCUT2D eigenvalue weighted by Crippen LogP contribution is -2.32. The number of Topliss-reactive ketones (excluding diaryl/α,β-unsaturated/α-hetero) is 1. The van der Waals surface area contributed by atoms with Crippen LogP contribution in [-0.2, 0) is 11.2 Å². The fourth-order valence-electron chi connectivity index (χ4n) is 5.10. The molecular formula is C35H36FN3O3S2. The predicted molar refractivity (Wildman–Crippen MR) is 179 cm³/mol. The molecule has 3 aromatic carbocycles. The largest absolute Gasteiger partial charge is 0.476 e. The zero-order valence-electron chi connectivity index (χ0n) is 24.6. The molecule has 5 rings (SSSR count). The Labute approximate surface area is 266 Å². The number of nitrogens with zero attached hydrogens (tertiary/aromatic N) is 1. The summed E-state index contributed by atoms with van der Waals surface area (Å²) in [5, 5.41) is 7.15. The van der Waals surface area contributed by atoms with Gasteiger partial charge >= 0.3 is 0 Å². The molecule has 9 heteroatoms. The number of pyridine rings is 1. The van der Waals surface area contributed by atoms with E-state index in [9.17, 15) is 14.0 Å². The Morgan fingerprint density at radius 3 is 2.45 bits per heavy atom. The van der Waals surface area contributed by atoms with Crippen molar-refractivity contribution in [3.05, 3.63) is 114 Å². The van der Waals surface area contributed by atoms with Crippen molar-refractivity contribution in [3.8, 4) is 17.1 Å². The smallest absolute Gasteiger partial charge is 0.219 e. The van der Waals surface area contributed by atoms with Crippen LogP contribution >= 0.6 is 23.5 Å². The lowest BCUT2D eigenvalue weighted by Gasteiger charge is -2.21. The van der Waals surface area contributed by atoms with Gasteiger partial charge in [0.05, 0.1) is 17.4 Å². The average Bonchev–Trinajstić information content (AvgIpc) is 3.50. The second kappa shape index (κ2) is 15.9. The van der Waals surface area contributed by atoms with Crippen LogP contribution in [0.25, 0.3) is 11.3 Å². The number of halogens is 1. The van der Waals surface area contributed by atoms with Gasteiger partial charge in [-0.1, -0.05) is 72.4 Å². The molecule has 3 atom stereocenters. The minimum Gasteiger partial charge on any atom is -0.476 e. The number of carbonyl (C=O) groups is 2. The first-order valence-corrected chi connectivity index (χ1v) is 17.0. The van der Waals surface area contributed by atoms with Gasteiger partial charge in [-0.05, 0) is 60.7 Å². The number of ketones is 1. The topological polar surface area (TPSA) is 80.3 Å². The highest BCUT2D eigenvalue weighted by molar-refractivity contribution is 8.14. The van der Waals surface area contributed by atoms with Crippen molar-refractivity contribution < 1.29 is 18.7 Å². The van der Waals surface area contributed by atoms with Gasteiger partial charge in [0.15, 0.2) is 5.78 Å². The summed E-state index contributed by atoms with van der Waals surface area (Å²) < 4.78 is 19.9. The summed E-state index contributed by atoms with van der Waals surface area (Å²) >= 11 is 3.06. The maximum absolute atomic E-state index is 13.8. The van der Waals surface area contributed by atoms with Gasteiger partial charge < -0.3 is 15.4 Å². The summed E-state index contributed by atoms with van der Waals surface area (Å²) in [7, 11) is 0. The van der Waals surface area contributed by atoms with Gasteiger partial charge in [-0.2, -0.15) is 11.8 Å². The highest BCUT2D eigenvalue weighted by Gasteiger charge is 2.28. The minimum atomic E-state index is -0.411. The van der Waals surface area contributed by atoms with Gasteiger partial charge in [0, 0.05) is 41.5 Å². The van der Waals surface area contributed by atoms with Crippen LogP contribution in [0, 0.1) is 5.82 Å². The van der Waals surface area contributed by atoms with E-state index < -0.39 is 6.04 Å². The van der Waals surface area contributed by atoms with Crippen LogP contribution in [0.4, 0.5) is 10.1 Å². The van der Waals surface area contributed by atoms with Crippen LogP contribution in [0.15, 0.2) is 97.1 Å². The molecular weight excluding hydrogens is 594 g/mol. The van der Waals surface area contributed by atoms with E-state index in [-0.39, 0.29) is 28.0 Å². The Hall–Kier alpha value is -3.66. The molecule has 228 valence electrons. The molecule has 0 aliphatic carbocycles. The first-order valence-electron chi connectivity index (χ1n) is 14.7. The monoisotopic (exact) mass is 629 g/mol. The normalized spacial score (nSPS) is 16.8. The van der Waals surface area contributed by atoms with Gasteiger partial charge in [0.25, 0.3) is 0 Å². The molecule has 0 amide bonds. The molecule has 1 saturated heterocycles. The summed E-state index contributed by atoms with van der Waals surface area (Å²) in [6.45, 7) is 1.12. The number of aromatic nitrogens is 1. The van der Waals surface area contributed by atoms with E-state index in [1.54, 1.807) is 30.0 Å². The van der Waals surface area contributed by atoms with Crippen molar-refractivity contribution in [2.45, 2.75) is 36.6 Å². The van der Waals surface area contributed by atoms with Crippen molar-refractivity contribution >= 4 is 40.1 Å². The molecule has 1 aliphatic rings. The lowest BCUT2D eigenvalue weighted by molar-refractivity contribution is -0.119. The zero-order valence-corrected chi connectivity index (χ0v) is 26.2. The Morgan fingerprint density at radius 2 is 1.73 bits per heavy atom. The molecule has 1 aromatic heterocycles. The van der Waals surface area contributed by atoms with Crippen LogP contribution < -0.4 is 15.4 Å². The average molecular weight is 630 g/mol. The number of hydrogen-bond acceptors (Lipinski definition) is 8. The summed E-state index contributed by atoms with van der Waals surface area (Å²) in [6.07, 6.45) is 3.82. The first-order chi connectivity index (χ1) is 21.5. The van der Waals surface area contributed by atoms with Crippen LogP contribution in [0.2, 0.25) is 0 Å². The van der Waals surface area contributed by atoms with E-state index in [1.807, 2.05) is 73.0 Å². The molecule has 0 bridgehead atoms. The van der Waals surface area contributed by atoms with Gasteiger partial charge in [-0.15, -0.1) is 0 Å². The van der Waals surface area contributed by atoms with Gasteiger partial charge in [-0.25, -0.2) is 9.37 Å². The number of ether oxygens (including phenoxy) is 1. The molecule has 0 saturated carbocycles. The molecule has 44 heavy (non-hydrogen) atoms. The number of anilines is 1. The van der Waals surface area contributed by atoms with Crippen LogP contribution in [0.5, 0.6) is 5.88 Å². The lowest BCUT2D eigenvalue weighted by atomic mass is 10.0. The Bertz CT molecular complexity index is 1520. The standard InChI is InChI=1S/C35H36FN3O3S2/c1-43-19-18-30(32(40)20-24-8-4-2-5-9-24)38-31-16-17-33(39-34(31)25-12-14-27(36)15-13-25)42-23-28-21-29(22-37-28)44-35(41)26-10-6-3-7-11-26/h2-17,28-30,37-38H,18-23H2,1H3/t28-,29-,30-/m0/s1. The highest BCUT2D eigenvalue weighted by atomic mass is 32.2. The maximum Gasteiger partial charge on any atom is 0.219 e. The number of benzene rings is 3. The maximum atomic E-state index is 13.8. The quantitative estimate of drug-likeness (QED) is 0.156. The van der Waals surface area contributed by atoms with Crippen LogP contribution in [-0.4, -0.2) is 58.4 Å². The van der Waals surface area contributed by atoms with E-state index in [2.05, 4.69) is 10.6 Å². The van der Waals surface area contributed by atoms with E-state index >= 15 is 0 Å². The number of nitrogens with one attached hydrogen (secondary N) is 2. The Morgan fingerprint density at radius 1 is 1.00 bits per heavy atom. The number of rotatable bonds is 14. The van der Waals surface area contributed by atoms with Crippen molar-refractivity contribution in [3.63, 3.8) is 0 Å². The van der Waals surface area contributed by atoms with E-state index in [0.29, 0.717) is 47.8 Å². The minimum absolute atomic E-state index is 0.0748. The fraction of sp³-hybridized carbons (Fsp3) is 0.286. The molecule has 0 spiro atoms. The zero-order chi connectivity index (χ0) is 30.7. The van der Waals surface area contributed by atoms with Crippen LogP contribution in [0.3, 0.4) is 0 Å².